The molecule has 2 heterocycles. The molecule has 1 fully saturated rings. The van der Waals surface area contributed by atoms with Crippen molar-refractivity contribution in [2.45, 2.75) is 26.3 Å². The van der Waals surface area contributed by atoms with Gasteiger partial charge in [0.2, 0.25) is 11.8 Å². The molecule has 2 amide bonds. The minimum Gasteiger partial charge on any atom is -0.345 e. The van der Waals surface area contributed by atoms with Crippen molar-refractivity contribution in [3.05, 3.63) is 24.0 Å². The molecule has 0 radical (unpaired) electrons. The van der Waals surface area contributed by atoms with Gasteiger partial charge in [-0.2, -0.15) is 0 Å². The van der Waals surface area contributed by atoms with Gasteiger partial charge in [-0.25, -0.2) is 0 Å². The first-order chi connectivity index (χ1) is 8.09. The normalized spacial score (nSPS) is 21.1. The molecule has 0 saturated carbocycles. The summed E-state index contributed by atoms with van der Waals surface area (Å²) >= 11 is 0. The van der Waals surface area contributed by atoms with Crippen LogP contribution in [0.4, 0.5) is 5.69 Å². The molecule has 1 N–H and O–H groups in total. The molecule has 17 heavy (non-hydrogen) atoms. The number of pyridine rings is 1. The highest BCUT2D eigenvalue weighted by Gasteiger charge is 2.28. The Morgan fingerprint density at radius 1 is 1.47 bits per heavy atom. The van der Waals surface area contributed by atoms with Crippen molar-refractivity contribution in [3.8, 4) is 0 Å². The highest BCUT2D eigenvalue weighted by molar-refractivity contribution is 6.01. The fourth-order valence-electron chi connectivity index (χ4n) is 1.91. The van der Waals surface area contributed by atoms with E-state index in [4.69, 9.17) is 0 Å². The second-order valence-corrected chi connectivity index (χ2v) is 4.19. The number of hydrogen-bond donors (Lipinski definition) is 1. The second kappa shape index (κ2) is 4.53. The third kappa shape index (κ3) is 2.27. The number of rotatable bonds is 1. The molecular formula is C12H15N3O2. The zero-order valence-electron chi connectivity index (χ0n) is 9.93. The zero-order chi connectivity index (χ0) is 12.4. The van der Waals surface area contributed by atoms with Gasteiger partial charge in [-0.05, 0) is 25.5 Å². The summed E-state index contributed by atoms with van der Waals surface area (Å²) in [5.41, 5.74) is 1.76. The van der Waals surface area contributed by atoms with Crippen LogP contribution >= 0.6 is 0 Å². The van der Waals surface area contributed by atoms with E-state index in [0.717, 1.165) is 11.3 Å². The first-order valence-electron chi connectivity index (χ1n) is 5.61. The average molecular weight is 233 g/mol. The van der Waals surface area contributed by atoms with Gasteiger partial charge in [0.15, 0.2) is 0 Å². The Kier molecular flexibility index (Phi) is 3.08. The van der Waals surface area contributed by atoms with Crippen LogP contribution in [0.25, 0.3) is 0 Å². The Hall–Kier alpha value is -1.91. The van der Waals surface area contributed by atoms with Crippen LogP contribution in [0, 0.1) is 6.92 Å². The SMILES string of the molecule is Cc1ccncc1N1CCC(=O)NC(C)C1=O. The van der Waals surface area contributed by atoms with Gasteiger partial charge in [-0.3, -0.25) is 14.6 Å². The maximum absolute atomic E-state index is 12.1. The summed E-state index contributed by atoms with van der Waals surface area (Å²) in [6.45, 7) is 4.03. The molecule has 1 aliphatic heterocycles. The lowest BCUT2D eigenvalue weighted by Gasteiger charge is -2.23. The van der Waals surface area contributed by atoms with Gasteiger partial charge in [0, 0.05) is 19.2 Å². The minimum absolute atomic E-state index is 0.0881. The minimum atomic E-state index is -0.482. The van der Waals surface area contributed by atoms with Crippen molar-refractivity contribution in [2.24, 2.45) is 0 Å². The number of aromatic nitrogens is 1. The van der Waals surface area contributed by atoms with Gasteiger partial charge in [-0.1, -0.05) is 0 Å². The van der Waals surface area contributed by atoms with Crippen molar-refractivity contribution < 1.29 is 9.59 Å². The number of nitrogens with one attached hydrogen (secondary N) is 1. The van der Waals surface area contributed by atoms with E-state index in [1.165, 1.54) is 0 Å². The van der Waals surface area contributed by atoms with Crippen LogP contribution in [0.1, 0.15) is 18.9 Å². The number of carbonyl (C=O) groups is 2. The summed E-state index contributed by atoms with van der Waals surface area (Å²) in [5.74, 6) is -0.179. The first kappa shape index (κ1) is 11.6. The molecule has 1 unspecified atom stereocenters. The maximum Gasteiger partial charge on any atom is 0.249 e. The van der Waals surface area contributed by atoms with E-state index >= 15 is 0 Å². The van der Waals surface area contributed by atoms with Crippen LogP contribution in [0.5, 0.6) is 0 Å². The van der Waals surface area contributed by atoms with Crippen molar-refractivity contribution in [1.29, 1.82) is 0 Å². The molecule has 1 aliphatic rings. The van der Waals surface area contributed by atoms with Crippen molar-refractivity contribution >= 4 is 17.5 Å². The van der Waals surface area contributed by atoms with Crippen molar-refractivity contribution in [1.82, 2.24) is 10.3 Å². The number of aryl methyl sites for hydroxylation is 1. The lowest BCUT2D eigenvalue weighted by Crippen LogP contribution is -2.43. The monoisotopic (exact) mass is 233 g/mol. The number of nitrogens with zero attached hydrogens (tertiary/aromatic N) is 2. The topological polar surface area (TPSA) is 62.3 Å². The Balaban J connectivity index is 2.34. The quantitative estimate of drug-likeness (QED) is 0.774. The molecule has 1 aromatic heterocycles. The molecule has 0 aromatic carbocycles. The summed E-state index contributed by atoms with van der Waals surface area (Å²) in [4.78, 5) is 29.2. The molecular weight excluding hydrogens is 218 g/mol. The van der Waals surface area contributed by atoms with Gasteiger partial charge in [0.1, 0.15) is 6.04 Å². The van der Waals surface area contributed by atoms with Crippen LogP contribution in [0.2, 0.25) is 0 Å². The summed E-state index contributed by atoms with van der Waals surface area (Å²) in [6, 6.07) is 1.37. The molecule has 0 spiro atoms. The second-order valence-electron chi connectivity index (χ2n) is 4.19. The molecule has 1 atom stereocenters. The van der Waals surface area contributed by atoms with Crippen LogP contribution < -0.4 is 10.2 Å². The number of anilines is 1. The predicted octanol–water partition coefficient (Wildman–Crippen LogP) is 0.631. The van der Waals surface area contributed by atoms with E-state index in [9.17, 15) is 9.59 Å². The predicted molar refractivity (Wildman–Crippen MR) is 63.5 cm³/mol. The lowest BCUT2D eigenvalue weighted by atomic mass is 10.2. The Labute approximate surface area is 99.8 Å². The standard InChI is InChI=1S/C12H15N3O2/c1-8-3-5-13-7-10(8)15-6-4-11(16)14-9(2)12(15)17/h3,5,7,9H,4,6H2,1-2H3,(H,14,16). The van der Waals surface area contributed by atoms with E-state index in [-0.39, 0.29) is 11.8 Å². The number of carbonyl (C=O) groups excluding carboxylic acids is 2. The van der Waals surface area contributed by atoms with Gasteiger partial charge >= 0.3 is 0 Å². The third-order valence-corrected chi connectivity index (χ3v) is 2.88. The fraction of sp³-hybridized carbons (Fsp3) is 0.417. The van der Waals surface area contributed by atoms with Gasteiger partial charge in [0.05, 0.1) is 11.9 Å². The Bertz CT molecular complexity index is 459. The van der Waals surface area contributed by atoms with E-state index in [2.05, 4.69) is 10.3 Å². The first-order valence-corrected chi connectivity index (χ1v) is 5.61. The number of amides is 2. The lowest BCUT2D eigenvalue weighted by molar-refractivity contribution is -0.125. The molecule has 5 heteroatoms. The van der Waals surface area contributed by atoms with Crippen molar-refractivity contribution in [2.75, 3.05) is 11.4 Å². The van der Waals surface area contributed by atoms with E-state index in [0.29, 0.717) is 13.0 Å². The zero-order valence-corrected chi connectivity index (χ0v) is 9.93. The fourth-order valence-corrected chi connectivity index (χ4v) is 1.91. The van der Waals surface area contributed by atoms with E-state index in [1.54, 1.807) is 24.2 Å². The van der Waals surface area contributed by atoms with Crippen LogP contribution in [-0.2, 0) is 9.59 Å². The van der Waals surface area contributed by atoms with Gasteiger partial charge < -0.3 is 10.2 Å². The molecule has 90 valence electrons. The molecule has 5 nitrogen and oxygen atoms in total. The van der Waals surface area contributed by atoms with Crippen LogP contribution in [0.3, 0.4) is 0 Å². The maximum atomic E-state index is 12.1. The van der Waals surface area contributed by atoms with Gasteiger partial charge in [0.25, 0.3) is 0 Å². The van der Waals surface area contributed by atoms with Gasteiger partial charge in [-0.15, -0.1) is 0 Å². The Morgan fingerprint density at radius 3 is 2.94 bits per heavy atom. The summed E-state index contributed by atoms with van der Waals surface area (Å²) in [5, 5.41) is 2.66. The number of hydrogen-bond acceptors (Lipinski definition) is 3. The third-order valence-electron chi connectivity index (χ3n) is 2.88. The molecule has 0 bridgehead atoms. The summed E-state index contributed by atoms with van der Waals surface area (Å²) in [6.07, 6.45) is 3.67. The molecule has 1 saturated heterocycles. The smallest absolute Gasteiger partial charge is 0.249 e. The van der Waals surface area contributed by atoms with Crippen molar-refractivity contribution in [3.63, 3.8) is 0 Å². The highest BCUT2D eigenvalue weighted by Crippen LogP contribution is 2.20. The van der Waals surface area contributed by atoms with Crippen LogP contribution in [-0.4, -0.2) is 29.4 Å². The van der Waals surface area contributed by atoms with E-state index < -0.39 is 6.04 Å². The Morgan fingerprint density at radius 2 is 2.24 bits per heavy atom. The largest absolute Gasteiger partial charge is 0.345 e. The summed E-state index contributed by atoms with van der Waals surface area (Å²) < 4.78 is 0. The highest BCUT2D eigenvalue weighted by atomic mass is 16.2. The van der Waals surface area contributed by atoms with Crippen LogP contribution in [0.15, 0.2) is 18.5 Å². The average Bonchev–Trinajstić information content (AvgIpc) is 2.41. The van der Waals surface area contributed by atoms with E-state index in [1.807, 2.05) is 13.0 Å². The summed E-state index contributed by atoms with van der Waals surface area (Å²) in [7, 11) is 0. The molecule has 2 rings (SSSR count). The molecule has 1 aromatic rings. The molecule has 0 aliphatic carbocycles.